The number of halogens is 2. The summed E-state index contributed by atoms with van der Waals surface area (Å²) in [4.78, 5) is 14.2. The molecule has 1 N–H and O–H groups in total. The molecule has 0 saturated heterocycles. The van der Waals surface area contributed by atoms with E-state index < -0.39 is 5.82 Å². The van der Waals surface area contributed by atoms with E-state index >= 15 is 0 Å². The monoisotopic (exact) mass is 281 g/mol. The number of nitrogens with one attached hydrogen (secondary N) is 1. The van der Waals surface area contributed by atoms with Crippen LogP contribution in [0.4, 0.5) is 4.39 Å². The Kier molecular flexibility index (Phi) is 4.22. The van der Waals surface area contributed by atoms with E-state index in [4.69, 9.17) is 16.3 Å². The third kappa shape index (κ3) is 3.15. The van der Waals surface area contributed by atoms with E-state index in [2.05, 4.69) is 4.98 Å². The molecule has 0 spiro atoms. The highest BCUT2D eigenvalue weighted by atomic mass is 35.5. The molecule has 0 atom stereocenters. The molecule has 19 heavy (non-hydrogen) atoms. The average molecular weight is 282 g/mol. The maximum absolute atomic E-state index is 13.5. The van der Waals surface area contributed by atoms with Gasteiger partial charge in [-0.3, -0.25) is 9.78 Å². The van der Waals surface area contributed by atoms with Crippen LogP contribution in [0.25, 0.3) is 0 Å². The largest absolute Gasteiger partial charge is 0.474 e. The van der Waals surface area contributed by atoms with Gasteiger partial charge >= 0.3 is 0 Å². The lowest BCUT2D eigenvalue weighted by molar-refractivity contribution is 0.287. The van der Waals surface area contributed by atoms with Gasteiger partial charge in [-0.15, -0.1) is 0 Å². The van der Waals surface area contributed by atoms with E-state index in [-0.39, 0.29) is 17.7 Å². The summed E-state index contributed by atoms with van der Waals surface area (Å²) in [6.07, 6.45) is 0.648. The maximum atomic E-state index is 13.5. The number of H-pyrrole nitrogens is 1. The molecule has 0 radical (unpaired) electrons. The number of benzene rings is 1. The SMILES string of the molecule is CCc1ccc(OCc2c(F)cccc2Cl)[nH]c1=O. The van der Waals surface area contributed by atoms with Crippen molar-refractivity contribution in [2.45, 2.75) is 20.0 Å². The molecular formula is C14H13ClFNO2. The van der Waals surface area contributed by atoms with Crippen LogP contribution in [0.3, 0.4) is 0 Å². The molecule has 1 aromatic carbocycles. The van der Waals surface area contributed by atoms with Crippen LogP contribution in [-0.2, 0) is 13.0 Å². The van der Waals surface area contributed by atoms with Crippen molar-refractivity contribution >= 4 is 11.6 Å². The number of ether oxygens (including phenoxy) is 1. The summed E-state index contributed by atoms with van der Waals surface area (Å²) in [6, 6.07) is 7.77. The molecule has 0 bridgehead atoms. The van der Waals surface area contributed by atoms with E-state index in [1.807, 2.05) is 6.92 Å². The summed E-state index contributed by atoms with van der Waals surface area (Å²) in [7, 11) is 0. The molecule has 0 fully saturated rings. The Labute approximate surface area is 115 Å². The molecular weight excluding hydrogens is 269 g/mol. The second-order valence-electron chi connectivity index (χ2n) is 4.02. The Morgan fingerprint density at radius 1 is 1.32 bits per heavy atom. The van der Waals surface area contributed by atoms with Crippen molar-refractivity contribution in [3.63, 3.8) is 0 Å². The lowest BCUT2D eigenvalue weighted by atomic mass is 10.2. The first-order valence-corrected chi connectivity index (χ1v) is 6.27. The second kappa shape index (κ2) is 5.89. The predicted molar refractivity (Wildman–Crippen MR) is 72.2 cm³/mol. The minimum atomic E-state index is -0.431. The van der Waals surface area contributed by atoms with Crippen molar-refractivity contribution in [1.82, 2.24) is 4.98 Å². The number of aromatic nitrogens is 1. The highest BCUT2D eigenvalue weighted by molar-refractivity contribution is 6.31. The predicted octanol–water partition coefficient (Wildman–Crippen LogP) is 3.31. The lowest BCUT2D eigenvalue weighted by Gasteiger charge is -2.08. The van der Waals surface area contributed by atoms with E-state index in [1.54, 1.807) is 18.2 Å². The quantitative estimate of drug-likeness (QED) is 0.934. The van der Waals surface area contributed by atoms with Crippen LogP contribution in [0.5, 0.6) is 5.88 Å². The van der Waals surface area contributed by atoms with Gasteiger partial charge in [0.15, 0.2) is 5.88 Å². The summed E-state index contributed by atoms with van der Waals surface area (Å²) in [5.41, 5.74) is 0.750. The van der Waals surface area contributed by atoms with Gasteiger partial charge in [-0.1, -0.05) is 24.6 Å². The number of rotatable bonds is 4. The maximum Gasteiger partial charge on any atom is 0.253 e. The summed E-state index contributed by atoms with van der Waals surface area (Å²) >= 11 is 5.88. The molecule has 5 heteroatoms. The molecule has 0 aliphatic rings. The van der Waals surface area contributed by atoms with Crippen molar-refractivity contribution in [3.05, 3.63) is 62.7 Å². The molecule has 0 aliphatic carbocycles. The number of aryl methyl sites for hydroxylation is 1. The molecule has 0 unspecified atom stereocenters. The molecule has 3 nitrogen and oxygen atoms in total. The first kappa shape index (κ1) is 13.6. The van der Waals surface area contributed by atoms with Crippen LogP contribution in [0, 0.1) is 5.82 Å². The molecule has 1 aromatic heterocycles. The van der Waals surface area contributed by atoms with Gasteiger partial charge in [0.05, 0.1) is 5.02 Å². The molecule has 0 amide bonds. The van der Waals surface area contributed by atoms with Crippen molar-refractivity contribution < 1.29 is 9.13 Å². The van der Waals surface area contributed by atoms with Crippen LogP contribution in [0.2, 0.25) is 5.02 Å². The zero-order chi connectivity index (χ0) is 13.8. The highest BCUT2D eigenvalue weighted by Crippen LogP contribution is 2.20. The Morgan fingerprint density at radius 2 is 2.11 bits per heavy atom. The zero-order valence-electron chi connectivity index (χ0n) is 10.4. The molecule has 0 saturated carbocycles. The number of hydrogen-bond acceptors (Lipinski definition) is 2. The van der Waals surface area contributed by atoms with Crippen molar-refractivity contribution in [2.75, 3.05) is 0 Å². The Bertz CT molecular complexity index is 619. The highest BCUT2D eigenvalue weighted by Gasteiger charge is 2.08. The first-order valence-electron chi connectivity index (χ1n) is 5.89. The Balaban J connectivity index is 2.15. The smallest absolute Gasteiger partial charge is 0.253 e. The van der Waals surface area contributed by atoms with Gasteiger partial charge in [-0.25, -0.2) is 4.39 Å². The van der Waals surface area contributed by atoms with Crippen molar-refractivity contribution in [3.8, 4) is 5.88 Å². The third-order valence-electron chi connectivity index (χ3n) is 2.78. The third-order valence-corrected chi connectivity index (χ3v) is 3.13. The lowest BCUT2D eigenvalue weighted by Crippen LogP contribution is -2.13. The molecule has 0 aliphatic heterocycles. The summed E-state index contributed by atoms with van der Waals surface area (Å²) in [5, 5.41) is 0.299. The van der Waals surface area contributed by atoms with Crippen molar-refractivity contribution in [2.24, 2.45) is 0 Å². The van der Waals surface area contributed by atoms with Gasteiger partial charge < -0.3 is 4.74 Å². The summed E-state index contributed by atoms with van der Waals surface area (Å²) in [5.74, 6) is -0.137. The van der Waals surface area contributed by atoms with Gasteiger partial charge in [-0.05, 0) is 30.7 Å². The number of pyridine rings is 1. The van der Waals surface area contributed by atoms with E-state index in [0.717, 1.165) is 0 Å². The van der Waals surface area contributed by atoms with Crippen LogP contribution in [0.15, 0.2) is 35.1 Å². The van der Waals surface area contributed by atoms with Crippen LogP contribution in [0.1, 0.15) is 18.1 Å². The number of aromatic amines is 1. The minimum Gasteiger partial charge on any atom is -0.474 e. The van der Waals surface area contributed by atoms with Gasteiger partial charge in [0.25, 0.3) is 5.56 Å². The second-order valence-corrected chi connectivity index (χ2v) is 4.43. The van der Waals surface area contributed by atoms with Crippen LogP contribution in [-0.4, -0.2) is 4.98 Å². The fourth-order valence-electron chi connectivity index (χ4n) is 1.67. The summed E-state index contributed by atoms with van der Waals surface area (Å²) < 4.78 is 18.9. The normalized spacial score (nSPS) is 10.5. The minimum absolute atomic E-state index is 0.0348. The number of hydrogen-bond donors (Lipinski definition) is 1. The van der Waals surface area contributed by atoms with E-state index in [0.29, 0.717) is 22.9 Å². The van der Waals surface area contributed by atoms with Gasteiger partial charge in [0.1, 0.15) is 12.4 Å². The summed E-state index contributed by atoms with van der Waals surface area (Å²) in [6.45, 7) is 1.86. The molecule has 2 rings (SSSR count). The topological polar surface area (TPSA) is 42.1 Å². The molecule has 1 heterocycles. The van der Waals surface area contributed by atoms with E-state index in [1.165, 1.54) is 12.1 Å². The Morgan fingerprint density at radius 3 is 2.74 bits per heavy atom. The van der Waals surface area contributed by atoms with Gasteiger partial charge in [0.2, 0.25) is 0 Å². The fraction of sp³-hybridized carbons (Fsp3) is 0.214. The van der Waals surface area contributed by atoms with Gasteiger partial charge in [-0.2, -0.15) is 0 Å². The average Bonchev–Trinajstić information content (AvgIpc) is 2.38. The standard InChI is InChI=1S/C14H13ClFNO2/c1-2-9-6-7-13(17-14(9)18)19-8-10-11(15)4-3-5-12(10)16/h3-7H,2,8H2,1H3,(H,17,18). The van der Waals surface area contributed by atoms with Crippen LogP contribution >= 0.6 is 11.6 Å². The molecule has 100 valence electrons. The van der Waals surface area contributed by atoms with Crippen molar-refractivity contribution in [1.29, 1.82) is 0 Å². The Hall–Kier alpha value is -1.81. The fourth-order valence-corrected chi connectivity index (χ4v) is 1.89. The zero-order valence-corrected chi connectivity index (χ0v) is 11.1. The molecule has 2 aromatic rings. The first-order chi connectivity index (χ1) is 9.11. The van der Waals surface area contributed by atoms with Crippen LogP contribution < -0.4 is 10.3 Å². The van der Waals surface area contributed by atoms with Gasteiger partial charge in [0, 0.05) is 11.1 Å². The van der Waals surface area contributed by atoms with E-state index in [9.17, 15) is 9.18 Å².